The van der Waals surface area contributed by atoms with Gasteiger partial charge >= 0.3 is 5.97 Å². The molecule has 0 aliphatic carbocycles. The van der Waals surface area contributed by atoms with Crippen LogP contribution in [-0.4, -0.2) is 30.1 Å². The van der Waals surface area contributed by atoms with Gasteiger partial charge in [-0.25, -0.2) is 9.18 Å². The molecule has 26 heavy (non-hydrogen) atoms. The Morgan fingerprint density at radius 2 is 1.88 bits per heavy atom. The zero-order valence-electron chi connectivity index (χ0n) is 14.6. The van der Waals surface area contributed by atoms with E-state index < -0.39 is 5.97 Å². The van der Waals surface area contributed by atoms with Gasteiger partial charge in [-0.2, -0.15) is 0 Å². The van der Waals surface area contributed by atoms with Crippen LogP contribution in [0.15, 0.2) is 48.5 Å². The SMILES string of the molecule is CC(Cc1cccc(F)c1)C(=O)NCCc1ccc(OCC(=O)O)cc1. The van der Waals surface area contributed by atoms with Crippen molar-refractivity contribution in [1.82, 2.24) is 5.32 Å². The molecule has 0 aliphatic heterocycles. The normalized spacial score (nSPS) is 11.6. The van der Waals surface area contributed by atoms with Crippen molar-refractivity contribution in [2.75, 3.05) is 13.2 Å². The molecule has 2 rings (SSSR count). The minimum Gasteiger partial charge on any atom is -0.482 e. The van der Waals surface area contributed by atoms with E-state index in [4.69, 9.17) is 9.84 Å². The minimum absolute atomic E-state index is 0.0735. The van der Waals surface area contributed by atoms with Crippen molar-refractivity contribution < 1.29 is 23.8 Å². The number of amides is 1. The van der Waals surface area contributed by atoms with Gasteiger partial charge in [-0.15, -0.1) is 0 Å². The first-order chi connectivity index (χ1) is 12.4. The molecule has 6 heteroatoms. The predicted molar refractivity (Wildman–Crippen MR) is 95.6 cm³/mol. The van der Waals surface area contributed by atoms with E-state index in [1.165, 1.54) is 12.1 Å². The fourth-order valence-corrected chi connectivity index (χ4v) is 2.51. The largest absolute Gasteiger partial charge is 0.482 e. The van der Waals surface area contributed by atoms with Gasteiger partial charge in [-0.05, 0) is 48.2 Å². The van der Waals surface area contributed by atoms with Crippen molar-refractivity contribution in [3.05, 3.63) is 65.5 Å². The summed E-state index contributed by atoms with van der Waals surface area (Å²) < 4.78 is 18.3. The number of carboxylic acid groups (broad SMARTS) is 1. The summed E-state index contributed by atoms with van der Waals surface area (Å²) in [5.74, 6) is -1.15. The summed E-state index contributed by atoms with van der Waals surface area (Å²) in [4.78, 5) is 22.6. The lowest BCUT2D eigenvalue weighted by atomic mass is 10.0. The predicted octanol–water partition coefficient (Wildman–Crippen LogP) is 2.83. The van der Waals surface area contributed by atoms with Crippen molar-refractivity contribution >= 4 is 11.9 Å². The molecule has 0 saturated carbocycles. The zero-order chi connectivity index (χ0) is 18.9. The number of ether oxygens (including phenoxy) is 1. The van der Waals surface area contributed by atoms with Gasteiger partial charge in [0, 0.05) is 12.5 Å². The van der Waals surface area contributed by atoms with E-state index in [0.29, 0.717) is 25.1 Å². The van der Waals surface area contributed by atoms with Crippen molar-refractivity contribution in [1.29, 1.82) is 0 Å². The van der Waals surface area contributed by atoms with Crippen LogP contribution in [0.4, 0.5) is 4.39 Å². The quantitative estimate of drug-likeness (QED) is 0.722. The molecule has 0 aliphatic rings. The van der Waals surface area contributed by atoms with Crippen LogP contribution < -0.4 is 10.1 Å². The molecule has 0 radical (unpaired) electrons. The number of carboxylic acids is 1. The van der Waals surface area contributed by atoms with Crippen LogP contribution in [0.3, 0.4) is 0 Å². The van der Waals surface area contributed by atoms with E-state index in [0.717, 1.165) is 11.1 Å². The van der Waals surface area contributed by atoms with E-state index in [1.54, 1.807) is 24.3 Å². The molecular weight excluding hydrogens is 337 g/mol. The van der Waals surface area contributed by atoms with Crippen LogP contribution >= 0.6 is 0 Å². The van der Waals surface area contributed by atoms with Gasteiger partial charge in [0.15, 0.2) is 6.61 Å². The molecular formula is C20H22FNO4. The van der Waals surface area contributed by atoms with Crippen molar-refractivity contribution in [2.45, 2.75) is 19.8 Å². The molecule has 138 valence electrons. The number of halogens is 1. The number of carbonyl (C=O) groups is 2. The van der Waals surface area contributed by atoms with Gasteiger partial charge in [-0.1, -0.05) is 31.2 Å². The molecule has 2 N–H and O–H groups in total. The van der Waals surface area contributed by atoms with E-state index in [1.807, 2.05) is 19.1 Å². The zero-order valence-corrected chi connectivity index (χ0v) is 14.6. The summed E-state index contributed by atoms with van der Waals surface area (Å²) in [5.41, 5.74) is 1.80. The van der Waals surface area contributed by atoms with Gasteiger partial charge in [0.1, 0.15) is 11.6 Å². The summed E-state index contributed by atoms with van der Waals surface area (Å²) in [6.07, 6.45) is 1.14. The molecule has 1 unspecified atom stereocenters. The summed E-state index contributed by atoms with van der Waals surface area (Å²) in [7, 11) is 0. The van der Waals surface area contributed by atoms with Crippen LogP contribution in [0.1, 0.15) is 18.1 Å². The lowest BCUT2D eigenvalue weighted by Gasteiger charge is -2.12. The summed E-state index contributed by atoms with van der Waals surface area (Å²) >= 11 is 0. The Balaban J connectivity index is 1.74. The molecule has 0 saturated heterocycles. The second-order valence-electron chi connectivity index (χ2n) is 6.10. The average Bonchev–Trinajstić information content (AvgIpc) is 2.61. The second kappa shape index (κ2) is 9.56. The number of nitrogens with one attached hydrogen (secondary N) is 1. The molecule has 5 nitrogen and oxygen atoms in total. The van der Waals surface area contributed by atoms with Crippen LogP contribution in [0.5, 0.6) is 5.75 Å². The number of rotatable bonds is 9. The molecule has 0 fully saturated rings. The standard InChI is InChI=1S/C20H22FNO4/c1-14(11-16-3-2-4-17(21)12-16)20(25)22-10-9-15-5-7-18(8-6-15)26-13-19(23)24/h2-8,12,14H,9-11,13H2,1H3,(H,22,25)(H,23,24). The van der Waals surface area contributed by atoms with Crippen LogP contribution in [0.25, 0.3) is 0 Å². The first-order valence-corrected chi connectivity index (χ1v) is 8.39. The number of aliphatic carboxylic acids is 1. The number of carbonyl (C=O) groups excluding carboxylic acids is 1. The van der Waals surface area contributed by atoms with Gasteiger partial charge in [0.2, 0.25) is 5.91 Å². The van der Waals surface area contributed by atoms with Crippen LogP contribution in [0.2, 0.25) is 0 Å². The lowest BCUT2D eigenvalue weighted by molar-refractivity contribution is -0.139. The van der Waals surface area contributed by atoms with E-state index in [2.05, 4.69) is 5.32 Å². The molecule has 0 spiro atoms. The van der Waals surface area contributed by atoms with Gasteiger partial charge in [0.05, 0.1) is 0 Å². The van der Waals surface area contributed by atoms with Gasteiger partial charge in [-0.3, -0.25) is 4.79 Å². The monoisotopic (exact) mass is 359 g/mol. The topological polar surface area (TPSA) is 75.6 Å². The Morgan fingerprint density at radius 3 is 2.54 bits per heavy atom. The Bertz CT molecular complexity index is 746. The Hall–Kier alpha value is -2.89. The first kappa shape index (κ1) is 19.4. The molecule has 2 aromatic rings. The highest BCUT2D eigenvalue weighted by atomic mass is 19.1. The second-order valence-corrected chi connectivity index (χ2v) is 6.10. The fourth-order valence-electron chi connectivity index (χ4n) is 2.51. The Kier molecular flexibility index (Phi) is 7.14. The maximum absolute atomic E-state index is 13.2. The maximum Gasteiger partial charge on any atom is 0.341 e. The first-order valence-electron chi connectivity index (χ1n) is 8.39. The number of hydrogen-bond acceptors (Lipinski definition) is 3. The molecule has 2 aromatic carbocycles. The highest BCUT2D eigenvalue weighted by Gasteiger charge is 2.13. The molecule has 1 atom stereocenters. The molecule has 0 heterocycles. The van der Waals surface area contributed by atoms with Crippen molar-refractivity contribution in [2.24, 2.45) is 5.92 Å². The summed E-state index contributed by atoms with van der Waals surface area (Å²) in [6, 6.07) is 13.3. The third-order valence-electron chi connectivity index (χ3n) is 3.88. The smallest absolute Gasteiger partial charge is 0.341 e. The van der Waals surface area contributed by atoms with E-state index >= 15 is 0 Å². The van der Waals surface area contributed by atoms with Gasteiger partial charge < -0.3 is 15.2 Å². The highest BCUT2D eigenvalue weighted by molar-refractivity contribution is 5.78. The average molecular weight is 359 g/mol. The third kappa shape index (κ3) is 6.55. The van der Waals surface area contributed by atoms with E-state index in [-0.39, 0.29) is 24.2 Å². The third-order valence-corrected chi connectivity index (χ3v) is 3.88. The minimum atomic E-state index is -1.02. The molecule has 0 bridgehead atoms. The summed E-state index contributed by atoms with van der Waals surface area (Å²) in [6.45, 7) is 1.93. The molecule has 1 amide bonds. The maximum atomic E-state index is 13.2. The van der Waals surface area contributed by atoms with Crippen molar-refractivity contribution in [3.63, 3.8) is 0 Å². The summed E-state index contributed by atoms with van der Waals surface area (Å²) in [5, 5.41) is 11.4. The highest BCUT2D eigenvalue weighted by Crippen LogP contribution is 2.13. The number of benzene rings is 2. The lowest BCUT2D eigenvalue weighted by Crippen LogP contribution is -2.31. The van der Waals surface area contributed by atoms with Gasteiger partial charge in [0.25, 0.3) is 0 Å². The molecule has 0 aromatic heterocycles. The van der Waals surface area contributed by atoms with Crippen LogP contribution in [-0.2, 0) is 22.4 Å². The van der Waals surface area contributed by atoms with Crippen LogP contribution in [0, 0.1) is 11.7 Å². The van der Waals surface area contributed by atoms with Crippen molar-refractivity contribution in [3.8, 4) is 5.75 Å². The Labute approximate surface area is 151 Å². The fraction of sp³-hybridized carbons (Fsp3) is 0.300. The van der Waals surface area contributed by atoms with E-state index in [9.17, 15) is 14.0 Å². The Morgan fingerprint density at radius 1 is 1.15 bits per heavy atom. The number of hydrogen-bond donors (Lipinski definition) is 2.